The zero-order valence-corrected chi connectivity index (χ0v) is 19.9. The van der Waals surface area contributed by atoms with Crippen LogP contribution in [0.4, 0.5) is 5.69 Å². The van der Waals surface area contributed by atoms with Crippen LogP contribution in [0.15, 0.2) is 17.0 Å². The fourth-order valence-corrected chi connectivity index (χ4v) is 8.31. The van der Waals surface area contributed by atoms with Crippen LogP contribution >= 0.6 is 22.7 Å². The van der Waals surface area contributed by atoms with Gasteiger partial charge in [-0.05, 0) is 32.4 Å². The first-order chi connectivity index (χ1) is 13.4. The van der Waals surface area contributed by atoms with Crippen molar-refractivity contribution in [2.24, 2.45) is 0 Å². The van der Waals surface area contributed by atoms with E-state index in [0.717, 1.165) is 33.2 Å². The predicted molar refractivity (Wildman–Crippen MR) is 123 cm³/mol. The standard InChI is InChI=1S/C22H33NO2S3/c1-4-5-6-7-8-9-10-11-12-13-14-23-19-15-17(2)26-21(19)22-20(28(23,24)25)16-18(3)27-22/h15-16H,4-14H2,1-3H3. The molecule has 156 valence electrons. The van der Waals surface area contributed by atoms with Crippen LogP contribution in [0.3, 0.4) is 0 Å². The molecule has 0 amide bonds. The number of unbranched alkanes of at least 4 members (excludes halogenated alkanes) is 9. The van der Waals surface area contributed by atoms with Crippen LogP contribution in [-0.4, -0.2) is 15.0 Å². The van der Waals surface area contributed by atoms with Crippen LogP contribution in [-0.2, 0) is 10.0 Å². The average Bonchev–Trinajstić information content (AvgIpc) is 3.22. The molecule has 0 spiro atoms. The number of thiophene rings is 2. The molecule has 1 aliphatic rings. The van der Waals surface area contributed by atoms with Gasteiger partial charge in [0.2, 0.25) is 0 Å². The molecule has 28 heavy (non-hydrogen) atoms. The van der Waals surface area contributed by atoms with Crippen molar-refractivity contribution >= 4 is 38.4 Å². The highest BCUT2D eigenvalue weighted by Crippen LogP contribution is 2.50. The van der Waals surface area contributed by atoms with Crippen molar-refractivity contribution in [3.63, 3.8) is 0 Å². The lowest BCUT2D eigenvalue weighted by atomic mass is 10.1. The van der Waals surface area contributed by atoms with E-state index in [1.807, 2.05) is 19.1 Å². The highest BCUT2D eigenvalue weighted by atomic mass is 32.2. The minimum atomic E-state index is -3.42. The Bertz CT molecular complexity index is 880. The Kier molecular flexibility index (Phi) is 7.62. The number of nitrogens with zero attached hydrogens (tertiary/aromatic N) is 1. The van der Waals surface area contributed by atoms with Gasteiger partial charge in [0.25, 0.3) is 10.0 Å². The maximum Gasteiger partial charge on any atom is 0.265 e. The highest BCUT2D eigenvalue weighted by Gasteiger charge is 2.37. The van der Waals surface area contributed by atoms with Gasteiger partial charge in [-0.1, -0.05) is 64.7 Å². The van der Waals surface area contributed by atoms with Crippen molar-refractivity contribution in [3.8, 4) is 9.75 Å². The largest absolute Gasteiger partial charge is 0.265 e. The Hall–Kier alpha value is -0.850. The lowest BCUT2D eigenvalue weighted by molar-refractivity contribution is 0.555. The van der Waals surface area contributed by atoms with E-state index in [0.29, 0.717) is 11.4 Å². The third-order valence-electron chi connectivity index (χ3n) is 5.41. The summed E-state index contributed by atoms with van der Waals surface area (Å²) in [6, 6.07) is 3.89. The molecule has 0 fully saturated rings. The fraction of sp³-hybridized carbons (Fsp3) is 0.636. The van der Waals surface area contributed by atoms with E-state index in [1.165, 1.54) is 56.2 Å². The molecule has 0 radical (unpaired) electrons. The molecule has 0 N–H and O–H groups in total. The summed E-state index contributed by atoms with van der Waals surface area (Å²) < 4.78 is 28.1. The van der Waals surface area contributed by atoms with E-state index in [9.17, 15) is 8.42 Å². The minimum absolute atomic E-state index is 0.511. The van der Waals surface area contributed by atoms with Gasteiger partial charge in [0, 0.05) is 16.3 Å². The number of hydrogen-bond acceptors (Lipinski definition) is 4. The van der Waals surface area contributed by atoms with Crippen molar-refractivity contribution < 1.29 is 8.42 Å². The molecule has 3 heterocycles. The second-order valence-electron chi connectivity index (χ2n) is 7.88. The van der Waals surface area contributed by atoms with Crippen molar-refractivity contribution in [2.75, 3.05) is 10.8 Å². The van der Waals surface area contributed by atoms with E-state index in [4.69, 9.17) is 0 Å². The lowest BCUT2D eigenvalue weighted by Crippen LogP contribution is -2.34. The maximum atomic E-state index is 13.2. The van der Waals surface area contributed by atoms with Crippen LogP contribution in [0.2, 0.25) is 0 Å². The van der Waals surface area contributed by atoms with E-state index < -0.39 is 10.0 Å². The number of sulfonamides is 1. The molecular weight excluding hydrogens is 406 g/mol. The van der Waals surface area contributed by atoms with Gasteiger partial charge < -0.3 is 0 Å². The maximum absolute atomic E-state index is 13.2. The molecule has 0 atom stereocenters. The van der Waals surface area contributed by atoms with Crippen LogP contribution in [0.1, 0.15) is 80.9 Å². The molecule has 0 aliphatic carbocycles. The van der Waals surface area contributed by atoms with Crippen LogP contribution in [0, 0.1) is 13.8 Å². The summed E-state index contributed by atoms with van der Waals surface area (Å²) in [5, 5.41) is 0. The van der Waals surface area contributed by atoms with Crippen molar-refractivity contribution in [2.45, 2.75) is 89.9 Å². The smallest absolute Gasteiger partial charge is 0.265 e. The molecule has 0 bridgehead atoms. The first kappa shape index (κ1) is 21.8. The van der Waals surface area contributed by atoms with Gasteiger partial charge in [0.05, 0.1) is 15.4 Å². The molecule has 0 saturated carbocycles. The van der Waals surface area contributed by atoms with Crippen molar-refractivity contribution in [1.82, 2.24) is 0 Å². The number of fused-ring (bicyclic) bond motifs is 3. The molecule has 2 aromatic heterocycles. The fourth-order valence-electron chi connectivity index (χ4n) is 3.92. The van der Waals surface area contributed by atoms with Crippen molar-refractivity contribution in [3.05, 3.63) is 21.9 Å². The Morgan fingerprint density at radius 2 is 1.32 bits per heavy atom. The molecule has 0 unspecified atom stereocenters. The Balaban J connectivity index is 1.54. The topological polar surface area (TPSA) is 37.4 Å². The summed E-state index contributed by atoms with van der Waals surface area (Å²) in [5.41, 5.74) is 0.896. The summed E-state index contributed by atoms with van der Waals surface area (Å²) in [4.78, 5) is 4.81. The van der Waals surface area contributed by atoms with E-state index in [-0.39, 0.29) is 0 Å². The van der Waals surface area contributed by atoms with Crippen LogP contribution in [0.25, 0.3) is 9.75 Å². The van der Waals surface area contributed by atoms with Crippen LogP contribution in [0.5, 0.6) is 0 Å². The Morgan fingerprint density at radius 3 is 1.96 bits per heavy atom. The van der Waals surface area contributed by atoms with E-state index >= 15 is 0 Å². The third kappa shape index (κ3) is 4.82. The Morgan fingerprint density at radius 1 is 0.786 bits per heavy atom. The molecule has 6 heteroatoms. The summed E-state index contributed by atoms with van der Waals surface area (Å²) in [7, 11) is -3.42. The molecular formula is C22H33NO2S3. The van der Waals surface area contributed by atoms with Gasteiger partial charge in [-0.15, -0.1) is 22.7 Å². The summed E-state index contributed by atoms with van der Waals surface area (Å²) >= 11 is 3.31. The summed E-state index contributed by atoms with van der Waals surface area (Å²) in [6.45, 7) is 6.90. The van der Waals surface area contributed by atoms with Gasteiger partial charge in [-0.25, -0.2) is 8.42 Å². The molecule has 3 nitrogen and oxygen atoms in total. The number of hydrogen-bond donors (Lipinski definition) is 0. The lowest BCUT2D eigenvalue weighted by Gasteiger charge is -2.28. The first-order valence-electron chi connectivity index (χ1n) is 10.7. The van der Waals surface area contributed by atoms with Crippen LogP contribution < -0.4 is 4.31 Å². The van der Waals surface area contributed by atoms with Gasteiger partial charge in [-0.2, -0.15) is 0 Å². The number of rotatable bonds is 11. The number of aryl methyl sites for hydroxylation is 2. The summed E-state index contributed by atoms with van der Waals surface area (Å²) in [6.07, 6.45) is 12.6. The average molecular weight is 440 g/mol. The third-order valence-corrected chi connectivity index (χ3v) is 9.64. The molecule has 3 rings (SSSR count). The van der Waals surface area contributed by atoms with Gasteiger partial charge in [0.15, 0.2) is 0 Å². The second kappa shape index (κ2) is 9.77. The zero-order chi connectivity index (χ0) is 20.1. The summed E-state index contributed by atoms with van der Waals surface area (Å²) in [5.74, 6) is 0. The molecule has 0 aromatic carbocycles. The monoisotopic (exact) mass is 439 g/mol. The van der Waals surface area contributed by atoms with Gasteiger partial charge in [-0.3, -0.25) is 4.31 Å². The van der Waals surface area contributed by atoms with E-state index in [1.54, 1.807) is 27.0 Å². The van der Waals surface area contributed by atoms with Crippen molar-refractivity contribution in [1.29, 1.82) is 0 Å². The first-order valence-corrected chi connectivity index (χ1v) is 13.8. The molecule has 1 aliphatic heterocycles. The van der Waals surface area contributed by atoms with Gasteiger partial charge in [0.1, 0.15) is 4.90 Å². The zero-order valence-electron chi connectivity index (χ0n) is 17.4. The Labute approximate surface area is 178 Å². The number of anilines is 1. The SMILES string of the molecule is CCCCCCCCCCCCN1c2cc(C)sc2-c2sc(C)cc2S1(=O)=O. The quantitative estimate of drug-likeness (QED) is 0.339. The second-order valence-corrected chi connectivity index (χ2v) is 12.2. The highest BCUT2D eigenvalue weighted by molar-refractivity contribution is 7.93. The minimum Gasteiger partial charge on any atom is -0.265 e. The predicted octanol–water partition coefficient (Wildman–Crippen LogP) is 7.52. The van der Waals surface area contributed by atoms with Gasteiger partial charge >= 0.3 is 0 Å². The molecule has 0 saturated heterocycles. The van der Waals surface area contributed by atoms with E-state index in [2.05, 4.69) is 13.8 Å². The normalized spacial score (nSPS) is 14.9. The molecule has 2 aromatic rings.